The van der Waals surface area contributed by atoms with Crippen molar-refractivity contribution in [3.05, 3.63) is 53.4 Å². The van der Waals surface area contributed by atoms with Gasteiger partial charge in [-0.15, -0.1) is 11.3 Å². The fraction of sp³-hybridized carbons (Fsp3) is 0.400. The summed E-state index contributed by atoms with van der Waals surface area (Å²) in [5.41, 5.74) is 0.917. The van der Waals surface area contributed by atoms with Crippen molar-refractivity contribution < 1.29 is 22.7 Å². The van der Waals surface area contributed by atoms with Crippen LogP contribution in [0.5, 0.6) is 0 Å². The number of rotatable bonds is 7. The van der Waals surface area contributed by atoms with Gasteiger partial charge in [-0.3, -0.25) is 4.79 Å². The van der Waals surface area contributed by atoms with Gasteiger partial charge in [0.05, 0.1) is 7.11 Å². The molecule has 1 fully saturated rings. The molecule has 1 aliphatic heterocycles. The highest BCUT2D eigenvalue weighted by molar-refractivity contribution is 7.91. The van der Waals surface area contributed by atoms with Gasteiger partial charge in [-0.1, -0.05) is 36.4 Å². The average Bonchev–Trinajstić information content (AvgIpc) is 3.29. The molecule has 0 radical (unpaired) electrons. The first-order valence-corrected chi connectivity index (χ1v) is 11.7. The molecule has 1 aromatic carbocycles. The second-order valence-electron chi connectivity index (χ2n) is 6.88. The van der Waals surface area contributed by atoms with Crippen molar-refractivity contribution >= 4 is 33.2 Å². The number of carbonyl (C=O) groups is 2. The van der Waals surface area contributed by atoms with E-state index in [1.807, 2.05) is 30.3 Å². The maximum atomic E-state index is 12.7. The van der Waals surface area contributed by atoms with Crippen LogP contribution in [0.3, 0.4) is 0 Å². The molecule has 9 heteroatoms. The lowest BCUT2D eigenvalue weighted by atomic mass is 9.96. The van der Waals surface area contributed by atoms with E-state index < -0.39 is 22.0 Å². The average molecular weight is 437 g/mol. The Morgan fingerprint density at radius 3 is 2.45 bits per heavy atom. The summed E-state index contributed by atoms with van der Waals surface area (Å²) in [5.74, 6) is -1.09. The lowest BCUT2D eigenvalue weighted by molar-refractivity contribution is -0.145. The SMILES string of the molecule is COC(=O)[C@@H](Cc1ccccc1)NC(=O)C1CCN(S(=O)(=O)c2cccs2)CC1. The van der Waals surface area contributed by atoms with Crippen LogP contribution in [0.2, 0.25) is 0 Å². The fourth-order valence-electron chi connectivity index (χ4n) is 3.37. The molecule has 7 nitrogen and oxygen atoms in total. The number of amides is 1. The zero-order valence-corrected chi connectivity index (χ0v) is 17.7. The van der Waals surface area contributed by atoms with Crippen molar-refractivity contribution in [1.82, 2.24) is 9.62 Å². The molecule has 0 aliphatic carbocycles. The zero-order chi connectivity index (χ0) is 20.9. The van der Waals surface area contributed by atoms with E-state index in [2.05, 4.69) is 5.32 Å². The number of sulfonamides is 1. The molecule has 29 heavy (non-hydrogen) atoms. The summed E-state index contributed by atoms with van der Waals surface area (Å²) in [4.78, 5) is 24.8. The topological polar surface area (TPSA) is 92.8 Å². The van der Waals surface area contributed by atoms with E-state index in [0.29, 0.717) is 23.5 Å². The Kier molecular flexibility index (Phi) is 7.05. The molecule has 1 N–H and O–H groups in total. The van der Waals surface area contributed by atoms with Gasteiger partial charge < -0.3 is 10.1 Å². The molecular weight excluding hydrogens is 412 g/mol. The zero-order valence-electron chi connectivity index (χ0n) is 16.1. The maximum Gasteiger partial charge on any atom is 0.328 e. The van der Waals surface area contributed by atoms with E-state index in [-0.39, 0.29) is 24.9 Å². The van der Waals surface area contributed by atoms with Gasteiger partial charge in [0.2, 0.25) is 5.91 Å². The number of ether oxygens (including phenoxy) is 1. The summed E-state index contributed by atoms with van der Waals surface area (Å²) in [5, 5.41) is 4.52. The standard InChI is InChI=1S/C20H24N2O5S2/c1-27-20(24)17(14-15-6-3-2-4-7-15)21-19(23)16-9-11-22(12-10-16)29(25,26)18-8-5-13-28-18/h2-8,13,16-17H,9-12,14H2,1H3,(H,21,23)/t17-/m1/s1. The number of nitrogens with zero attached hydrogens (tertiary/aromatic N) is 1. The van der Waals surface area contributed by atoms with Gasteiger partial charge in [0, 0.05) is 25.4 Å². The molecule has 2 heterocycles. The van der Waals surface area contributed by atoms with Crippen molar-refractivity contribution in [2.75, 3.05) is 20.2 Å². The molecule has 1 amide bonds. The summed E-state index contributed by atoms with van der Waals surface area (Å²) < 4.78 is 31.8. The number of piperidine rings is 1. The monoisotopic (exact) mass is 436 g/mol. The molecule has 0 saturated carbocycles. The van der Waals surface area contributed by atoms with Crippen LogP contribution in [-0.2, 0) is 30.8 Å². The Hall–Kier alpha value is -2.23. The van der Waals surface area contributed by atoms with Crippen molar-refractivity contribution in [2.45, 2.75) is 29.5 Å². The minimum atomic E-state index is -3.50. The Labute approximate surface area is 174 Å². The molecule has 0 unspecified atom stereocenters. The van der Waals surface area contributed by atoms with Gasteiger partial charge in [0.1, 0.15) is 10.3 Å². The quantitative estimate of drug-likeness (QED) is 0.671. The Bertz CT molecular complexity index is 921. The maximum absolute atomic E-state index is 12.7. The van der Waals surface area contributed by atoms with Crippen LogP contribution in [0.1, 0.15) is 18.4 Å². The van der Waals surface area contributed by atoms with E-state index in [1.54, 1.807) is 17.5 Å². The molecule has 3 rings (SSSR count). The third-order valence-corrected chi connectivity index (χ3v) is 8.27. The van der Waals surface area contributed by atoms with E-state index in [9.17, 15) is 18.0 Å². The van der Waals surface area contributed by atoms with E-state index >= 15 is 0 Å². The molecule has 156 valence electrons. The summed E-state index contributed by atoms with van der Waals surface area (Å²) in [6.07, 6.45) is 1.16. The molecule has 0 spiro atoms. The van der Waals surface area contributed by atoms with Gasteiger partial charge in [-0.05, 0) is 29.9 Å². The Balaban J connectivity index is 1.59. The third kappa shape index (κ3) is 5.23. The van der Waals surface area contributed by atoms with Crippen molar-refractivity contribution in [3.63, 3.8) is 0 Å². The molecule has 0 bridgehead atoms. The first-order chi connectivity index (χ1) is 13.9. The van der Waals surface area contributed by atoms with Crippen molar-refractivity contribution in [2.24, 2.45) is 5.92 Å². The number of hydrogen-bond acceptors (Lipinski definition) is 6. The van der Waals surface area contributed by atoms with Crippen LogP contribution in [0.25, 0.3) is 0 Å². The van der Waals surface area contributed by atoms with E-state index in [1.165, 1.54) is 22.8 Å². The molecule has 1 aromatic heterocycles. The Morgan fingerprint density at radius 2 is 1.86 bits per heavy atom. The van der Waals surface area contributed by atoms with Crippen molar-refractivity contribution in [3.8, 4) is 0 Å². The summed E-state index contributed by atoms with van der Waals surface area (Å²) in [6.45, 7) is 0.555. The summed E-state index contributed by atoms with van der Waals surface area (Å²) >= 11 is 1.19. The number of methoxy groups -OCH3 is 1. The fourth-order valence-corrected chi connectivity index (χ4v) is 5.99. The molecule has 1 atom stereocenters. The number of nitrogens with one attached hydrogen (secondary N) is 1. The largest absolute Gasteiger partial charge is 0.467 e. The lowest BCUT2D eigenvalue weighted by Crippen LogP contribution is -2.48. The van der Waals surface area contributed by atoms with Gasteiger partial charge in [-0.2, -0.15) is 4.31 Å². The normalized spacial score (nSPS) is 16.9. The van der Waals surface area contributed by atoms with Crippen LogP contribution in [0.15, 0.2) is 52.1 Å². The third-order valence-electron chi connectivity index (χ3n) is 5.00. The smallest absolute Gasteiger partial charge is 0.328 e. The van der Waals surface area contributed by atoms with Crippen LogP contribution in [-0.4, -0.2) is 50.8 Å². The van der Waals surface area contributed by atoms with E-state index in [4.69, 9.17) is 4.74 Å². The van der Waals surface area contributed by atoms with Crippen LogP contribution in [0.4, 0.5) is 0 Å². The van der Waals surface area contributed by atoms with Gasteiger partial charge in [0.25, 0.3) is 10.0 Å². The summed E-state index contributed by atoms with van der Waals surface area (Å²) in [7, 11) is -2.21. The predicted molar refractivity (Wildman–Crippen MR) is 110 cm³/mol. The number of thiophene rings is 1. The number of hydrogen-bond donors (Lipinski definition) is 1. The molecule has 2 aromatic rings. The minimum Gasteiger partial charge on any atom is -0.467 e. The second-order valence-corrected chi connectivity index (χ2v) is 10.00. The highest BCUT2D eigenvalue weighted by Crippen LogP contribution is 2.26. The lowest BCUT2D eigenvalue weighted by Gasteiger charge is -2.30. The van der Waals surface area contributed by atoms with Crippen molar-refractivity contribution in [1.29, 1.82) is 0 Å². The molecule has 1 saturated heterocycles. The van der Waals surface area contributed by atoms with Gasteiger partial charge in [-0.25, -0.2) is 13.2 Å². The highest BCUT2D eigenvalue weighted by Gasteiger charge is 2.34. The minimum absolute atomic E-state index is 0.246. The summed E-state index contributed by atoms with van der Waals surface area (Å²) in [6, 6.07) is 11.9. The highest BCUT2D eigenvalue weighted by atomic mass is 32.2. The van der Waals surface area contributed by atoms with Gasteiger partial charge >= 0.3 is 5.97 Å². The van der Waals surface area contributed by atoms with Crippen LogP contribution < -0.4 is 5.32 Å². The van der Waals surface area contributed by atoms with E-state index in [0.717, 1.165) is 5.56 Å². The second kappa shape index (κ2) is 9.51. The predicted octanol–water partition coefficient (Wildman–Crippen LogP) is 2.05. The van der Waals surface area contributed by atoms with Crippen LogP contribution in [0, 0.1) is 5.92 Å². The van der Waals surface area contributed by atoms with Gasteiger partial charge in [0.15, 0.2) is 0 Å². The molecular formula is C20H24N2O5S2. The Morgan fingerprint density at radius 1 is 1.17 bits per heavy atom. The number of benzene rings is 1. The molecule has 1 aliphatic rings. The first-order valence-electron chi connectivity index (χ1n) is 9.37. The van der Waals surface area contributed by atoms with Crippen LogP contribution >= 0.6 is 11.3 Å². The number of carbonyl (C=O) groups excluding carboxylic acids is 2. The number of esters is 1. The first kappa shape index (κ1) is 21.5.